The van der Waals surface area contributed by atoms with E-state index >= 15 is 0 Å². The lowest BCUT2D eigenvalue weighted by Crippen LogP contribution is -2.42. The van der Waals surface area contributed by atoms with Gasteiger partial charge in [0, 0.05) is 12.6 Å². The van der Waals surface area contributed by atoms with E-state index in [1.54, 1.807) is 0 Å². The summed E-state index contributed by atoms with van der Waals surface area (Å²) in [7, 11) is 0. The van der Waals surface area contributed by atoms with Crippen molar-refractivity contribution < 1.29 is 4.79 Å². The second-order valence-corrected chi connectivity index (χ2v) is 5.28. The first-order chi connectivity index (χ1) is 8.29. The van der Waals surface area contributed by atoms with E-state index in [2.05, 4.69) is 11.2 Å². The van der Waals surface area contributed by atoms with Crippen LogP contribution in [0.2, 0.25) is 0 Å². The predicted molar refractivity (Wildman–Crippen MR) is 68.4 cm³/mol. The summed E-state index contributed by atoms with van der Waals surface area (Å²) in [6, 6.07) is 0.549. The van der Waals surface area contributed by atoms with E-state index in [0.717, 1.165) is 6.54 Å². The topological polar surface area (TPSA) is 32.3 Å². The Morgan fingerprint density at radius 2 is 2.00 bits per heavy atom. The van der Waals surface area contributed by atoms with Crippen molar-refractivity contribution in [3.63, 3.8) is 0 Å². The minimum atomic E-state index is 0.168. The van der Waals surface area contributed by atoms with Crippen LogP contribution in [0.5, 0.6) is 0 Å². The standard InChI is InChI=1S/C14H22N2O/c1-2-9-16(11-12-7-8-12)14(17)10-15-13-5-3-4-6-13/h1,12-13,15H,3-11H2. The Hall–Kier alpha value is -1.01. The summed E-state index contributed by atoms with van der Waals surface area (Å²) in [4.78, 5) is 13.9. The Morgan fingerprint density at radius 1 is 1.29 bits per heavy atom. The van der Waals surface area contributed by atoms with Gasteiger partial charge in [-0.25, -0.2) is 0 Å². The molecule has 0 saturated heterocycles. The minimum absolute atomic E-state index is 0.168. The van der Waals surface area contributed by atoms with E-state index in [-0.39, 0.29) is 5.91 Å². The number of amides is 1. The maximum absolute atomic E-state index is 12.0. The SMILES string of the molecule is C#CCN(CC1CC1)C(=O)CNC1CCCC1. The Bertz CT molecular complexity index is 298. The zero-order chi connectivity index (χ0) is 12.1. The minimum Gasteiger partial charge on any atom is -0.330 e. The third-order valence-corrected chi connectivity index (χ3v) is 3.71. The molecule has 0 spiro atoms. The highest BCUT2D eigenvalue weighted by atomic mass is 16.2. The Kier molecular flexibility index (Phi) is 4.44. The first-order valence-corrected chi connectivity index (χ1v) is 6.74. The highest BCUT2D eigenvalue weighted by molar-refractivity contribution is 5.78. The maximum atomic E-state index is 12.0. The molecule has 2 aliphatic carbocycles. The first-order valence-electron chi connectivity index (χ1n) is 6.74. The summed E-state index contributed by atoms with van der Waals surface area (Å²) in [5, 5.41) is 3.35. The van der Waals surface area contributed by atoms with Gasteiger partial charge in [-0.1, -0.05) is 18.8 Å². The number of hydrogen-bond acceptors (Lipinski definition) is 2. The van der Waals surface area contributed by atoms with E-state index in [1.807, 2.05) is 4.90 Å². The van der Waals surface area contributed by atoms with Gasteiger partial charge >= 0.3 is 0 Å². The fourth-order valence-corrected chi connectivity index (χ4v) is 2.45. The molecule has 2 rings (SSSR count). The van der Waals surface area contributed by atoms with Crippen molar-refractivity contribution in [1.29, 1.82) is 0 Å². The Morgan fingerprint density at radius 3 is 2.59 bits per heavy atom. The van der Waals surface area contributed by atoms with Gasteiger partial charge in [0.05, 0.1) is 13.1 Å². The summed E-state index contributed by atoms with van der Waals surface area (Å²) in [5.41, 5.74) is 0. The molecule has 0 atom stereocenters. The van der Waals surface area contributed by atoms with Crippen LogP contribution in [0.25, 0.3) is 0 Å². The van der Waals surface area contributed by atoms with Crippen LogP contribution in [0, 0.1) is 18.3 Å². The molecule has 2 aliphatic rings. The van der Waals surface area contributed by atoms with Crippen molar-refractivity contribution in [3.05, 3.63) is 0 Å². The highest BCUT2D eigenvalue weighted by Gasteiger charge is 2.26. The van der Waals surface area contributed by atoms with Gasteiger partial charge < -0.3 is 10.2 Å². The number of carbonyl (C=O) groups excluding carboxylic acids is 1. The van der Waals surface area contributed by atoms with Crippen LogP contribution in [-0.2, 0) is 4.79 Å². The first kappa shape index (κ1) is 12.4. The molecule has 2 fully saturated rings. The quantitative estimate of drug-likeness (QED) is 0.704. The molecule has 3 nitrogen and oxygen atoms in total. The van der Waals surface area contributed by atoms with Gasteiger partial charge in [0.2, 0.25) is 5.91 Å². The molecule has 1 amide bonds. The molecule has 2 saturated carbocycles. The zero-order valence-corrected chi connectivity index (χ0v) is 10.5. The fourth-order valence-electron chi connectivity index (χ4n) is 2.45. The second kappa shape index (κ2) is 6.07. The van der Waals surface area contributed by atoms with Crippen LogP contribution in [0.4, 0.5) is 0 Å². The molecule has 1 N–H and O–H groups in total. The maximum Gasteiger partial charge on any atom is 0.237 e. The molecule has 0 aliphatic heterocycles. The number of nitrogens with zero attached hydrogens (tertiary/aromatic N) is 1. The lowest BCUT2D eigenvalue weighted by molar-refractivity contribution is -0.130. The van der Waals surface area contributed by atoms with E-state index in [0.29, 0.717) is 25.0 Å². The number of hydrogen-bond donors (Lipinski definition) is 1. The summed E-state index contributed by atoms with van der Waals surface area (Å²) in [6.07, 6.45) is 12.8. The van der Waals surface area contributed by atoms with Crippen LogP contribution in [0.3, 0.4) is 0 Å². The zero-order valence-electron chi connectivity index (χ0n) is 10.5. The summed E-state index contributed by atoms with van der Waals surface area (Å²) < 4.78 is 0. The van der Waals surface area contributed by atoms with Crippen LogP contribution in [0.15, 0.2) is 0 Å². The molecule has 0 heterocycles. The summed E-state index contributed by atoms with van der Waals surface area (Å²) >= 11 is 0. The molecular formula is C14H22N2O. The molecule has 0 unspecified atom stereocenters. The lowest BCUT2D eigenvalue weighted by Gasteiger charge is -2.21. The molecule has 3 heteroatoms. The van der Waals surface area contributed by atoms with Gasteiger partial charge in [0.1, 0.15) is 0 Å². The van der Waals surface area contributed by atoms with Crippen molar-refractivity contribution >= 4 is 5.91 Å². The Labute approximate surface area is 104 Å². The summed E-state index contributed by atoms with van der Waals surface area (Å²) in [5.74, 6) is 3.46. The van der Waals surface area contributed by atoms with Crippen molar-refractivity contribution in [1.82, 2.24) is 10.2 Å². The van der Waals surface area contributed by atoms with Crippen molar-refractivity contribution in [2.75, 3.05) is 19.6 Å². The molecule has 0 radical (unpaired) electrons. The fraction of sp³-hybridized carbons (Fsp3) is 0.786. The molecule has 17 heavy (non-hydrogen) atoms. The lowest BCUT2D eigenvalue weighted by atomic mass is 10.2. The Balaban J connectivity index is 1.72. The van der Waals surface area contributed by atoms with Gasteiger partial charge in [-0.05, 0) is 31.6 Å². The van der Waals surface area contributed by atoms with E-state index in [9.17, 15) is 4.79 Å². The molecular weight excluding hydrogens is 212 g/mol. The molecule has 0 aromatic heterocycles. The second-order valence-electron chi connectivity index (χ2n) is 5.28. The predicted octanol–water partition coefficient (Wildman–Crippen LogP) is 1.39. The third kappa shape index (κ3) is 4.05. The summed E-state index contributed by atoms with van der Waals surface area (Å²) in [6.45, 7) is 1.77. The normalized spacial score (nSPS) is 20.2. The van der Waals surface area contributed by atoms with Crippen molar-refractivity contribution in [2.45, 2.75) is 44.6 Å². The molecule has 0 aromatic rings. The van der Waals surface area contributed by atoms with Gasteiger partial charge in [-0.2, -0.15) is 0 Å². The average molecular weight is 234 g/mol. The molecule has 0 bridgehead atoms. The smallest absolute Gasteiger partial charge is 0.237 e. The van der Waals surface area contributed by atoms with Crippen LogP contribution < -0.4 is 5.32 Å². The third-order valence-electron chi connectivity index (χ3n) is 3.71. The van der Waals surface area contributed by atoms with E-state index in [4.69, 9.17) is 6.42 Å². The number of nitrogens with one attached hydrogen (secondary N) is 1. The van der Waals surface area contributed by atoms with E-state index in [1.165, 1.54) is 38.5 Å². The number of carbonyl (C=O) groups is 1. The van der Waals surface area contributed by atoms with Gasteiger partial charge in [-0.3, -0.25) is 4.79 Å². The van der Waals surface area contributed by atoms with Gasteiger partial charge in [0.25, 0.3) is 0 Å². The highest BCUT2D eigenvalue weighted by Crippen LogP contribution is 2.29. The van der Waals surface area contributed by atoms with E-state index < -0.39 is 0 Å². The largest absolute Gasteiger partial charge is 0.330 e. The van der Waals surface area contributed by atoms with Crippen molar-refractivity contribution in [2.24, 2.45) is 5.92 Å². The number of rotatable bonds is 6. The van der Waals surface area contributed by atoms with Gasteiger partial charge in [-0.15, -0.1) is 6.42 Å². The molecule has 94 valence electrons. The monoisotopic (exact) mass is 234 g/mol. The van der Waals surface area contributed by atoms with Crippen LogP contribution >= 0.6 is 0 Å². The van der Waals surface area contributed by atoms with Crippen LogP contribution in [-0.4, -0.2) is 36.5 Å². The van der Waals surface area contributed by atoms with Crippen molar-refractivity contribution in [3.8, 4) is 12.3 Å². The average Bonchev–Trinajstić information content (AvgIpc) is 2.99. The number of terminal acetylenes is 1. The molecule has 0 aromatic carbocycles. The van der Waals surface area contributed by atoms with Gasteiger partial charge in [0.15, 0.2) is 0 Å². The van der Waals surface area contributed by atoms with Crippen LogP contribution in [0.1, 0.15) is 38.5 Å².